The molecule has 0 fully saturated rings. The zero-order valence-electron chi connectivity index (χ0n) is 21.0. The van der Waals surface area contributed by atoms with Crippen LogP contribution in [0.25, 0.3) is 22.1 Å². The number of likely N-dealkylation sites (N-methyl/N-ethyl adjacent to an activating group) is 1. The Morgan fingerprint density at radius 3 is 2.61 bits per heavy atom. The van der Waals surface area contributed by atoms with E-state index in [1.165, 1.54) is 4.57 Å². The van der Waals surface area contributed by atoms with Crippen molar-refractivity contribution in [2.24, 2.45) is 12.8 Å². The number of aromatic nitrogens is 5. The summed E-state index contributed by atoms with van der Waals surface area (Å²) in [4.78, 5) is 37.9. The first-order valence-electron chi connectivity index (χ1n) is 11.4. The van der Waals surface area contributed by atoms with Crippen LogP contribution in [0.15, 0.2) is 40.1 Å². The number of aryl methyl sites for hydroxylation is 1. The molecule has 0 radical (unpaired) electrons. The van der Waals surface area contributed by atoms with E-state index in [0.29, 0.717) is 29.1 Å². The minimum Gasteiger partial charge on any atom is -0.343 e. The molecule has 0 spiro atoms. The summed E-state index contributed by atoms with van der Waals surface area (Å²) in [5, 5.41) is 10.7. The molecule has 0 unspecified atom stereocenters. The van der Waals surface area contributed by atoms with Crippen molar-refractivity contribution in [3.05, 3.63) is 62.4 Å². The molecule has 2 N–H and O–H groups in total. The van der Waals surface area contributed by atoms with Crippen molar-refractivity contribution in [1.29, 1.82) is 5.26 Å². The normalized spacial score (nSPS) is 11.4. The van der Waals surface area contributed by atoms with E-state index in [9.17, 15) is 14.9 Å². The number of nitriles is 1. The molecule has 3 heterocycles. The molecule has 4 rings (SSSR count). The lowest BCUT2D eigenvalue weighted by Crippen LogP contribution is -2.44. The van der Waals surface area contributed by atoms with E-state index >= 15 is 0 Å². The molecular formula is C26H28N8O2. The van der Waals surface area contributed by atoms with Gasteiger partial charge in [0.25, 0.3) is 5.56 Å². The van der Waals surface area contributed by atoms with E-state index in [-0.39, 0.29) is 24.3 Å². The molecule has 36 heavy (non-hydrogen) atoms. The van der Waals surface area contributed by atoms with Gasteiger partial charge in [0, 0.05) is 37.8 Å². The first kappa shape index (κ1) is 24.7. The van der Waals surface area contributed by atoms with E-state index in [1.54, 1.807) is 36.9 Å². The average Bonchev–Trinajstić information content (AvgIpc) is 3.22. The molecule has 10 heteroatoms. The van der Waals surface area contributed by atoms with Crippen molar-refractivity contribution in [2.45, 2.75) is 39.4 Å². The molecule has 0 aliphatic heterocycles. The zero-order valence-corrected chi connectivity index (χ0v) is 21.0. The van der Waals surface area contributed by atoms with Crippen molar-refractivity contribution in [3.8, 4) is 17.9 Å². The van der Waals surface area contributed by atoms with Gasteiger partial charge in [0.1, 0.15) is 6.07 Å². The van der Waals surface area contributed by atoms with Gasteiger partial charge in [-0.2, -0.15) is 10.2 Å². The summed E-state index contributed by atoms with van der Waals surface area (Å²) < 4.78 is 4.19. The molecular weight excluding hydrogens is 456 g/mol. The molecule has 0 atom stereocenters. The average molecular weight is 485 g/mol. The van der Waals surface area contributed by atoms with E-state index < -0.39 is 16.8 Å². The summed E-state index contributed by atoms with van der Waals surface area (Å²) in [5.74, 6) is 6.34. The Morgan fingerprint density at radius 1 is 1.19 bits per heavy atom. The van der Waals surface area contributed by atoms with Crippen LogP contribution in [0, 0.1) is 23.2 Å². The highest BCUT2D eigenvalue weighted by Gasteiger charge is 2.24. The van der Waals surface area contributed by atoms with Crippen molar-refractivity contribution >= 4 is 28.0 Å². The van der Waals surface area contributed by atoms with E-state index in [2.05, 4.69) is 27.9 Å². The number of benzene rings is 1. The summed E-state index contributed by atoms with van der Waals surface area (Å²) >= 11 is 0. The second kappa shape index (κ2) is 9.33. The topological polar surface area (TPSA) is 128 Å². The number of hydrogen-bond acceptors (Lipinski definition) is 7. The largest absolute Gasteiger partial charge is 0.343 e. The number of anilines is 1. The lowest BCUT2D eigenvalue weighted by atomic mass is 10.0. The molecule has 184 valence electrons. The minimum atomic E-state index is -0.530. The van der Waals surface area contributed by atoms with Gasteiger partial charge < -0.3 is 10.6 Å². The third-order valence-electron chi connectivity index (χ3n) is 5.91. The van der Waals surface area contributed by atoms with Crippen molar-refractivity contribution in [3.63, 3.8) is 0 Å². The monoisotopic (exact) mass is 484 g/mol. The second-order valence-corrected chi connectivity index (χ2v) is 9.46. The predicted octanol–water partition coefficient (Wildman–Crippen LogP) is 1.56. The van der Waals surface area contributed by atoms with Crippen LogP contribution in [0.3, 0.4) is 0 Å². The Bertz CT molecular complexity index is 1700. The number of imidazole rings is 1. The highest BCUT2D eigenvalue weighted by atomic mass is 16.2. The third-order valence-corrected chi connectivity index (χ3v) is 5.91. The maximum atomic E-state index is 13.8. The fraction of sp³-hybridized carbons (Fsp3) is 0.346. The van der Waals surface area contributed by atoms with E-state index in [1.807, 2.05) is 37.9 Å². The molecule has 3 aromatic heterocycles. The number of fused-ring (bicyclic) bond motifs is 2. The summed E-state index contributed by atoms with van der Waals surface area (Å²) in [6, 6.07) is 9.42. The van der Waals surface area contributed by atoms with Crippen molar-refractivity contribution in [2.75, 3.05) is 18.5 Å². The zero-order chi connectivity index (χ0) is 26.2. The quantitative estimate of drug-likeness (QED) is 0.411. The summed E-state index contributed by atoms with van der Waals surface area (Å²) in [6.07, 6.45) is 1.61. The lowest BCUT2D eigenvalue weighted by Gasteiger charge is -2.27. The fourth-order valence-corrected chi connectivity index (χ4v) is 4.39. The first-order valence-corrected chi connectivity index (χ1v) is 11.4. The Morgan fingerprint density at radius 2 is 1.94 bits per heavy atom. The molecule has 0 amide bonds. The van der Waals surface area contributed by atoms with Gasteiger partial charge in [0.15, 0.2) is 11.2 Å². The molecule has 0 aliphatic rings. The molecule has 10 nitrogen and oxygen atoms in total. The number of nitrogens with zero attached hydrogens (tertiary/aromatic N) is 7. The predicted molar refractivity (Wildman–Crippen MR) is 140 cm³/mol. The van der Waals surface area contributed by atoms with Gasteiger partial charge >= 0.3 is 5.69 Å². The number of pyridine rings is 1. The molecule has 0 aliphatic carbocycles. The van der Waals surface area contributed by atoms with Gasteiger partial charge in [-0.05, 0) is 32.4 Å². The number of nitrogens with two attached hydrogens (primary N) is 1. The fourth-order valence-electron chi connectivity index (χ4n) is 4.39. The maximum absolute atomic E-state index is 13.8. The summed E-state index contributed by atoms with van der Waals surface area (Å²) in [6.45, 7) is 6.12. The SMILES string of the molecule is CC#CCn1c(N(C)CC(C)(C)N)nc2c1c(=O)n(Cc1ccc3cccnc3c1C#N)c(=O)n2C. The Balaban J connectivity index is 1.96. The van der Waals surface area contributed by atoms with Crippen LogP contribution in [-0.4, -0.2) is 42.8 Å². The highest BCUT2D eigenvalue weighted by molar-refractivity contribution is 5.85. The van der Waals surface area contributed by atoms with E-state index in [0.717, 1.165) is 9.95 Å². The molecule has 0 bridgehead atoms. The molecule has 4 aromatic rings. The van der Waals surface area contributed by atoms with Gasteiger partial charge in [0.2, 0.25) is 5.95 Å². The molecule has 0 saturated carbocycles. The van der Waals surface area contributed by atoms with Crippen LogP contribution in [0.1, 0.15) is 31.9 Å². The van der Waals surface area contributed by atoms with Gasteiger partial charge in [-0.3, -0.25) is 23.5 Å². The van der Waals surface area contributed by atoms with Crippen LogP contribution >= 0.6 is 0 Å². The standard InChI is InChI=1S/C26H28N8O2/c1-6-7-13-33-21-22(30-24(33)31(4)16-26(2,3)28)32(5)25(36)34(23(21)35)15-18-11-10-17-9-8-12-29-20(17)19(18)14-27/h8-12H,13,15-16,28H2,1-5H3. The first-order chi connectivity index (χ1) is 17.1. The van der Waals surface area contributed by atoms with E-state index in [4.69, 9.17) is 5.73 Å². The second-order valence-electron chi connectivity index (χ2n) is 9.46. The summed E-state index contributed by atoms with van der Waals surface area (Å²) in [5.41, 5.74) is 6.58. The highest BCUT2D eigenvalue weighted by Crippen LogP contribution is 2.22. The van der Waals surface area contributed by atoms with Crippen molar-refractivity contribution < 1.29 is 0 Å². The Hall–Kier alpha value is -4.41. The Labute approximate surface area is 208 Å². The molecule has 1 aromatic carbocycles. The third kappa shape index (κ3) is 4.35. The number of hydrogen-bond donors (Lipinski definition) is 1. The minimum absolute atomic E-state index is 0.0809. The van der Waals surface area contributed by atoms with Gasteiger partial charge in [-0.1, -0.05) is 24.1 Å². The smallest absolute Gasteiger partial charge is 0.332 e. The van der Waals surface area contributed by atoms with Gasteiger partial charge in [0.05, 0.1) is 24.2 Å². The van der Waals surface area contributed by atoms with Crippen LogP contribution in [0.5, 0.6) is 0 Å². The lowest BCUT2D eigenvalue weighted by molar-refractivity contribution is 0.512. The van der Waals surface area contributed by atoms with Crippen molar-refractivity contribution in [1.82, 2.24) is 23.7 Å². The maximum Gasteiger partial charge on any atom is 0.332 e. The number of rotatable bonds is 6. The van der Waals surface area contributed by atoms with Gasteiger partial charge in [-0.25, -0.2) is 4.79 Å². The van der Waals surface area contributed by atoms with Crippen LogP contribution in [-0.2, 0) is 20.1 Å². The van der Waals surface area contributed by atoms with Crippen LogP contribution in [0.2, 0.25) is 0 Å². The Kier molecular flexibility index (Phi) is 6.40. The molecule has 0 saturated heterocycles. The van der Waals surface area contributed by atoms with Crippen LogP contribution < -0.4 is 21.9 Å². The summed E-state index contributed by atoms with van der Waals surface area (Å²) in [7, 11) is 3.41. The van der Waals surface area contributed by atoms with Gasteiger partial charge in [-0.15, -0.1) is 5.92 Å². The van der Waals surface area contributed by atoms with Crippen LogP contribution in [0.4, 0.5) is 5.95 Å².